The van der Waals surface area contributed by atoms with Gasteiger partial charge in [0.05, 0.1) is 6.10 Å². The van der Waals surface area contributed by atoms with Crippen LogP contribution in [0.4, 0.5) is 0 Å². The molecular formula is C21H26N4O4S. The van der Waals surface area contributed by atoms with Crippen LogP contribution in [0.15, 0.2) is 29.9 Å². The Labute approximate surface area is 179 Å². The van der Waals surface area contributed by atoms with Crippen molar-refractivity contribution >= 4 is 28.9 Å². The fourth-order valence-electron chi connectivity index (χ4n) is 3.19. The minimum Gasteiger partial charge on any atom is -0.368 e. The Balaban J connectivity index is 1.73. The zero-order valence-electron chi connectivity index (χ0n) is 17.5. The molecule has 2 amide bonds. The lowest BCUT2D eigenvalue weighted by Gasteiger charge is -2.30. The number of carbonyl (C=O) groups is 3. The summed E-state index contributed by atoms with van der Waals surface area (Å²) in [6.07, 6.45) is 3.33. The maximum Gasteiger partial charge on any atom is 0.271 e. The summed E-state index contributed by atoms with van der Waals surface area (Å²) in [7, 11) is 0. The van der Waals surface area contributed by atoms with Gasteiger partial charge in [-0.2, -0.15) is 0 Å². The van der Waals surface area contributed by atoms with E-state index in [4.69, 9.17) is 4.74 Å². The Kier molecular flexibility index (Phi) is 6.62. The van der Waals surface area contributed by atoms with Gasteiger partial charge in [0.1, 0.15) is 28.9 Å². The Morgan fingerprint density at radius 1 is 1.40 bits per heavy atom. The van der Waals surface area contributed by atoms with Gasteiger partial charge in [-0.15, -0.1) is 11.3 Å². The van der Waals surface area contributed by atoms with E-state index in [1.165, 1.54) is 11.3 Å². The predicted molar refractivity (Wildman–Crippen MR) is 113 cm³/mol. The van der Waals surface area contributed by atoms with Gasteiger partial charge in [0.15, 0.2) is 5.78 Å². The fourth-order valence-corrected chi connectivity index (χ4v) is 3.98. The summed E-state index contributed by atoms with van der Waals surface area (Å²) in [4.78, 5) is 46.4. The third-order valence-electron chi connectivity index (χ3n) is 5.21. The van der Waals surface area contributed by atoms with Crippen molar-refractivity contribution in [3.63, 3.8) is 0 Å². The van der Waals surface area contributed by atoms with E-state index >= 15 is 0 Å². The minimum atomic E-state index is -1.11. The van der Waals surface area contributed by atoms with Crippen molar-refractivity contribution in [1.82, 2.24) is 20.6 Å². The smallest absolute Gasteiger partial charge is 0.271 e. The van der Waals surface area contributed by atoms with Crippen LogP contribution < -0.4 is 10.6 Å². The van der Waals surface area contributed by atoms with Crippen LogP contribution in [0.1, 0.15) is 44.6 Å². The summed E-state index contributed by atoms with van der Waals surface area (Å²) in [5, 5.41) is 7.90. The maximum absolute atomic E-state index is 13.0. The van der Waals surface area contributed by atoms with Crippen molar-refractivity contribution in [2.24, 2.45) is 5.92 Å². The van der Waals surface area contributed by atoms with E-state index in [9.17, 15) is 14.4 Å². The van der Waals surface area contributed by atoms with E-state index in [0.717, 1.165) is 5.56 Å². The van der Waals surface area contributed by atoms with E-state index in [2.05, 4.69) is 20.6 Å². The molecule has 0 spiro atoms. The molecule has 0 radical (unpaired) electrons. The Morgan fingerprint density at radius 3 is 2.77 bits per heavy atom. The topological polar surface area (TPSA) is 110 Å². The van der Waals surface area contributed by atoms with Gasteiger partial charge >= 0.3 is 0 Å². The molecule has 0 bridgehead atoms. The van der Waals surface area contributed by atoms with E-state index in [1.807, 2.05) is 19.9 Å². The van der Waals surface area contributed by atoms with Crippen LogP contribution in [0.25, 0.3) is 10.6 Å². The SMILES string of the molecule is CC(C)CC(NC(=O)c1csc(-c2cccnc2)n1)C(=O)N[C@@]1(C)C(=O)CO[C@@H]1C. The molecule has 3 rings (SSSR count). The van der Waals surface area contributed by atoms with E-state index < -0.39 is 29.5 Å². The summed E-state index contributed by atoms with van der Waals surface area (Å²) < 4.78 is 5.37. The number of nitrogens with zero attached hydrogens (tertiary/aromatic N) is 2. The molecule has 2 aromatic rings. The maximum atomic E-state index is 13.0. The number of nitrogens with one attached hydrogen (secondary N) is 2. The lowest BCUT2D eigenvalue weighted by Crippen LogP contribution is -2.60. The average molecular weight is 431 g/mol. The Morgan fingerprint density at radius 2 is 2.17 bits per heavy atom. The van der Waals surface area contributed by atoms with Crippen molar-refractivity contribution in [3.05, 3.63) is 35.6 Å². The molecule has 160 valence electrons. The third kappa shape index (κ3) is 4.73. The van der Waals surface area contributed by atoms with Crippen LogP contribution in [0, 0.1) is 5.92 Å². The molecule has 9 heteroatoms. The molecule has 1 aliphatic heterocycles. The minimum absolute atomic E-state index is 0.0326. The van der Waals surface area contributed by atoms with Gasteiger partial charge in [-0.05, 0) is 38.3 Å². The molecule has 1 aliphatic rings. The molecule has 0 aliphatic carbocycles. The highest BCUT2D eigenvalue weighted by Gasteiger charge is 2.47. The molecular weight excluding hydrogens is 404 g/mol. The first-order valence-corrected chi connectivity index (χ1v) is 10.7. The number of Topliss-reactive ketones (excluding diaryl/α,β-unsaturated/α-hetero) is 1. The van der Waals surface area contributed by atoms with Crippen molar-refractivity contribution in [1.29, 1.82) is 0 Å². The lowest BCUT2D eigenvalue weighted by molar-refractivity contribution is -0.130. The summed E-state index contributed by atoms with van der Waals surface area (Å²) in [5.74, 6) is -0.871. The van der Waals surface area contributed by atoms with Gasteiger partial charge in [-0.25, -0.2) is 4.98 Å². The van der Waals surface area contributed by atoms with Gasteiger partial charge in [0, 0.05) is 23.3 Å². The summed E-state index contributed by atoms with van der Waals surface area (Å²) >= 11 is 1.33. The van der Waals surface area contributed by atoms with Gasteiger partial charge in [-0.3, -0.25) is 19.4 Å². The Hall–Kier alpha value is -2.65. The van der Waals surface area contributed by atoms with Crippen LogP contribution in [-0.2, 0) is 14.3 Å². The van der Waals surface area contributed by atoms with Crippen molar-refractivity contribution < 1.29 is 19.1 Å². The highest BCUT2D eigenvalue weighted by Crippen LogP contribution is 2.24. The molecule has 0 aromatic carbocycles. The summed E-state index contributed by atoms with van der Waals surface area (Å²) in [6, 6.07) is 2.87. The number of ketones is 1. The molecule has 3 heterocycles. The predicted octanol–water partition coefficient (Wildman–Crippen LogP) is 2.21. The van der Waals surface area contributed by atoms with Crippen molar-refractivity contribution in [2.45, 2.75) is 51.8 Å². The second-order valence-electron chi connectivity index (χ2n) is 8.00. The van der Waals surface area contributed by atoms with Crippen LogP contribution in [-0.4, -0.2) is 51.9 Å². The Bertz CT molecular complexity index is 930. The normalized spacial score (nSPS) is 22.2. The number of hydrogen-bond acceptors (Lipinski definition) is 7. The van der Waals surface area contributed by atoms with E-state index in [0.29, 0.717) is 11.4 Å². The molecule has 1 fully saturated rings. The van der Waals surface area contributed by atoms with Crippen molar-refractivity contribution in [2.75, 3.05) is 6.61 Å². The van der Waals surface area contributed by atoms with Crippen molar-refractivity contribution in [3.8, 4) is 10.6 Å². The van der Waals surface area contributed by atoms with Gasteiger partial charge < -0.3 is 15.4 Å². The van der Waals surface area contributed by atoms with Gasteiger partial charge in [0.25, 0.3) is 5.91 Å². The monoisotopic (exact) mass is 430 g/mol. The highest BCUT2D eigenvalue weighted by atomic mass is 32.1. The first-order chi connectivity index (χ1) is 14.2. The van der Waals surface area contributed by atoms with Gasteiger partial charge in [-0.1, -0.05) is 13.8 Å². The van der Waals surface area contributed by atoms with Crippen LogP contribution in [0.5, 0.6) is 0 Å². The number of aromatic nitrogens is 2. The number of pyridine rings is 1. The van der Waals surface area contributed by atoms with E-state index in [-0.39, 0.29) is 24.0 Å². The highest BCUT2D eigenvalue weighted by molar-refractivity contribution is 7.13. The average Bonchev–Trinajstić information content (AvgIpc) is 3.29. The van der Waals surface area contributed by atoms with Gasteiger partial charge in [0.2, 0.25) is 5.91 Å². The number of carbonyl (C=O) groups excluding carboxylic acids is 3. The summed E-state index contributed by atoms with van der Waals surface area (Å²) in [5.41, 5.74) is -0.0505. The fraction of sp³-hybridized carbons (Fsp3) is 0.476. The molecule has 2 N–H and O–H groups in total. The number of amides is 2. The molecule has 0 saturated carbocycles. The molecule has 30 heavy (non-hydrogen) atoms. The second-order valence-corrected chi connectivity index (χ2v) is 8.86. The number of thiazole rings is 1. The zero-order chi connectivity index (χ0) is 21.9. The first kappa shape index (κ1) is 22.0. The van der Waals surface area contributed by atoms with Crippen LogP contribution >= 0.6 is 11.3 Å². The number of ether oxygens (including phenoxy) is 1. The number of rotatable bonds is 7. The zero-order valence-corrected chi connectivity index (χ0v) is 18.3. The quantitative estimate of drug-likeness (QED) is 0.697. The molecule has 2 aromatic heterocycles. The summed E-state index contributed by atoms with van der Waals surface area (Å²) in [6.45, 7) is 7.29. The largest absolute Gasteiger partial charge is 0.368 e. The third-order valence-corrected chi connectivity index (χ3v) is 6.11. The molecule has 3 atom stereocenters. The van der Waals surface area contributed by atoms with E-state index in [1.54, 1.807) is 37.7 Å². The second kappa shape index (κ2) is 9.01. The molecule has 8 nitrogen and oxygen atoms in total. The van der Waals surface area contributed by atoms with Crippen LogP contribution in [0.2, 0.25) is 0 Å². The first-order valence-electron chi connectivity index (χ1n) is 9.84. The molecule has 1 unspecified atom stereocenters. The lowest BCUT2D eigenvalue weighted by atomic mass is 9.92. The number of hydrogen-bond donors (Lipinski definition) is 2. The standard InChI is InChI=1S/C21H26N4O4S/c1-12(2)8-15(19(28)25-21(4)13(3)29-10-17(21)26)23-18(27)16-11-30-20(24-16)14-6-5-7-22-9-14/h5-7,9,11-13,15H,8,10H2,1-4H3,(H,23,27)(H,25,28)/t13-,15?,21-/m1/s1. The van der Waals surface area contributed by atoms with Crippen LogP contribution in [0.3, 0.4) is 0 Å². The molecule has 1 saturated heterocycles.